The quantitative estimate of drug-likeness (QED) is 0.270. The number of ether oxygens (including phenoxy) is 3. The summed E-state index contributed by atoms with van der Waals surface area (Å²) in [6.45, 7) is 6.96. The highest BCUT2D eigenvalue weighted by molar-refractivity contribution is 7.16. The van der Waals surface area contributed by atoms with Crippen LogP contribution >= 0.6 is 11.3 Å². The highest BCUT2D eigenvalue weighted by atomic mass is 32.1. The van der Waals surface area contributed by atoms with Gasteiger partial charge >= 0.3 is 5.97 Å². The Kier molecular flexibility index (Phi) is 7.09. The van der Waals surface area contributed by atoms with E-state index in [1.54, 1.807) is 54.8 Å². The number of carbonyl (C=O) groups is 2. The molecule has 0 unspecified atom stereocenters. The van der Waals surface area contributed by atoms with Crippen molar-refractivity contribution in [3.63, 3.8) is 0 Å². The molecule has 1 amide bonds. The third kappa shape index (κ3) is 4.85. The van der Waals surface area contributed by atoms with Crippen LogP contribution in [0, 0.1) is 11.3 Å². The Balaban J connectivity index is 1.34. The molecule has 38 heavy (non-hydrogen) atoms. The summed E-state index contributed by atoms with van der Waals surface area (Å²) in [5.74, 6) is 1.43. The number of fused-ring (bicyclic) bond motifs is 3. The van der Waals surface area contributed by atoms with Crippen molar-refractivity contribution in [2.75, 3.05) is 19.5 Å². The number of anilines is 1. The summed E-state index contributed by atoms with van der Waals surface area (Å²) in [7, 11) is 3.09. The first-order chi connectivity index (χ1) is 18.2. The number of carbonyl (C=O) groups excluding carboxylic acids is 2. The zero-order valence-corrected chi connectivity index (χ0v) is 23.3. The van der Waals surface area contributed by atoms with Crippen LogP contribution < -0.4 is 24.8 Å². The first-order valence-electron chi connectivity index (χ1n) is 13.0. The largest absolute Gasteiger partial charge is 0.497 e. The van der Waals surface area contributed by atoms with Gasteiger partial charge in [0, 0.05) is 4.88 Å². The van der Waals surface area contributed by atoms with E-state index in [0.29, 0.717) is 28.7 Å². The monoisotopic (exact) mass is 534 g/mol. The molecule has 7 nitrogen and oxygen atoms in total. The first-order valence-corrected chi connectivity index (χ1v) is 13.8. The summed E-state index contributed by atoms with van der Waals surface area (Å²) >= 11 is 1.71. The number of esters is 1. The molecule has 2 N–H and O–H groups in total. The minimum atomic E-state index is -0.499. The van der Waals surface area contributed by atoms with Gasteiger partial charge in [-0.05, 0) is 78.1 Å². The van der Waals surface area contributed by atoms with Gasteiger partial charge in [-0.15, -0.1) is 11.3 Å². The molecule has 0 bridgehead atoms. The lowest BCUT2D eigenvalue weighted by Crippen LogP contribution is -2.38. The van der Waals surface area contributed by atoms with E-state index in [1.807, 2.05) is 6.07 Å². The van der Waals surface area contributed by atoms with Crippen molar-refractivity contribution in [3.05, 3.63) is 69.6 Å². The predicted molar refractivity (Wildman–Crippen MR) is 149 cm³/mol. The molecule has 200 valence electrons. The summed E-state index contributed by atoms with van der Waals surface area (Å²) < 4.78 is 16.3. The van der Waals surface area contributed by atoms with E-state index in [4.69, 9.17) is 14.2 Å². The van der Waals surface area contributed by atoms with E-state index in [9.17, 15) is 9.59 Å². The minimum Gasteiger partial charge on any atom is -0.497 e. The summed E-state index contributed by atoms with van der Waals surface area (Å²) in [4.78, 5) is 27.2. The maximum atomic E-state index is 13.3. The van der Waals surface area contributed by atoms with Crippen molar-refractivity contribution in [2.24, 2.45) is 11.3 Å². The zero-order valence-electron chi connectivity index (χ0n) is 22.5. The van der Waals surface area contributed by atoms with Crippen molar-refractivity contribution in [2.45, 2.75) is 52.6 Å². The average molecular weight is 535 g/mol. The van der Waals surface area contributed by atoms with Crippen molar-refractivity contribution in [1.29, 1.82) is 0 Å². The summed E-state index contributed by atoms with van der Waals surface area (Å²) in [6, 6.07) is 12.0. The lowest BCUT2D eigenvalue weighted by atomic mass is 9.69. The van der Waals surface area contributed by atoms with Gasteiger partial charge in [0.05, 0.1) is 25.3 Å². The molecule has 2 aliphatic rings. The van der Waals surface area contributed by atoms with Crippen LogP contribution in [0.25, 0.3) is 0 Å². The zero-order chi connectivity index (χ0) is 27.0. The van der Waals surface area contributed by atoms with Crippen LogP contribution in [-0.2, 0) is 12.8 Å². The number of thiophene rings is 1. The predicted octanol–water partition coefficient (Wildman–Crippen LogP) is 6.38. The molecule has 2 heterocycles. The van der Waals surface area contributed by atoms with Gasteiger partial charge in [-0.2, -0.15) is 0 Å². The third-order valence-corrected chi connectivity index (χ3v) is 9.29. The summed E-state index contributed by atoms with van der Waals surface area (Å²) in [5, 5.41) is 7.56. The maximum Gasteiger partial charge on any atom is 0.343 e. The maximum absolute atomic E-state index is 13.3. The standard InChI is InChI=1S/C30H34N2O5S/c1-6-30(2,3)19-10-13-21-24(16-19)38-28-25(21)27(33)31-26(32-28)18-9-14-22(23(15-18)36-5)37-29(34)17-7-11-20(35-4)12-8-17/h7-9,11-12,14-15,19,26,32H,6,10,13,16H2,1-5H3,(H,31,33)/t19-,26-/m0/s1. The second kappa shape index (κ2) is 10.3. The molecule has 2 aromatic carbocycles. The molecule has 1 aliphatic carbocycles. The number of hydrogen-bond donors (Lipinski definition) is 2. The molecule has 8 heteroatoms. The average Bonchev–Trinajstić information content (AvgIpc) is 3.31. The van der Waals surface area contributed by atoms with Crippen molar-refractivity contribution in [1.82, 2.24) is 5.32 Å². The second-order valence-corrected chi connectivity index (χ2v) is 11.7. The highest BCUT2D eigenvalue weighted by Crippen LogP contribution is 2.47. The van der Waals surface area contributed by atoms with E-state index in [-0.39, 0.29) is 11.3 Å². The van der Waals surface area contributed by atoms with Crippen LogP contribution in [0.5, 0.6) is 17.2 Å². The Morgan fingerprint density at radius 3 is 2.50 bits per heavy atom. The molecule has 0 radical (unpaired) electrons. The van der Waals surface area contributed by atoms with Crippen molar-refractivity contribution in [3.8, 4) is 17.2 Å². The van der Waals surface area contributed by atoms with Crippen LogP contribution in [0.4, 0.5) is 5.00 Å². The molecule has 1 aromatic heterocycles. The lowest BCUT2D eigenvalue weighted by molar-refractivity contribution is 0.0729. The molecule has 0 saturated carbocycles. The van der Waals surface area contributed by atoms with Gasteiger partial charge in [0.2, 0.25) is 0 Å². The Morgan fingerprint density at radius 1 is 1.05 bits per heavy atom. The van der Waals surface area contributed by atoms with E-state index in [0.717, 1.165) is 41.8 Å². The van der Waals surface area contributed by atoms with Gasteiger partial charge in [0.1, 0.15) is 16.9 Å². The van der Waals surface area contributed by atoms with Gasteiger partial charge in [-0.3, -0.25) is 4.79 Å². The van der Waals surface area contributed by atoms with Crippen molar-refractivity contribution >= 4 is 28.2 Å². The van der Waals surface area contributed by atoms with Crippen LogP contribution in [-0.4, -0.2) is 26.1 Å². The van der Waals surface area contributed by atoms with Crippen molar-refractivity contribution < 1.29 is 23.8 Å². The fraction of sp³-hybridized carbons (Fsp3) is 0.400. The SMILES string of the molecule is CCC(C)(C)[C@H]1CCc2c(sc3c2C(=O)N[C@H](c2ccc(OC(=O)c4ccc(OC)cc4)c(OC)c2)N3)C1. The first kappa shape index (κ1) is 26.1. The summed E-state index contributed by atoms with van der Waals surface area (Å²) in [6.07, 6.45) is 3.80. The highest BCUT2D eigenvalue weighted by Gasteiger charge is 2.37. The number of nitrogens with one attached hydrogen (secondary N) is 2. The van der Waals surface area contributed by atoms with Gasteiger partial charge < -0.3 is 24.8 Å². The molecule has 3 aromatic rings. The Hall–Kier alpha value is -3.52. The fourth-order valence-electron chi connectivity index (χ4n) is 5.25. The second-order valence-electron chi connectivity index (χ2n) is 10.6. The van der Waals surface area contributed by atoms with Gasteiger partial charge in [-0.1, -0.05) is 33.3 Å². The number of methoxy groups -OCH3 is 2. The van der Waals surface area contributed by atoms with Gasteiger partial charge in [-0.25, -0.2) is 4.79 Å². The molecular formula is C30H34N2O5S. The Bertz CT molecular complexity index is 1360. The fourth-order valence-corrected chi connectivity index (χ4v) is 6.61. The van der Waals surface area contributed by atoms with Crippen LogP contribution in [0.15, 0.2) is 42.5 Å². The number of hydrogen-bond acceptors (Lipinski definition) is 7. The lowest BCUT2D eigenvalue weighted by Gasteiger charge is -2.36. The molecule has 0 saturated heterocycles. The van der Waals surface area contributed by atoms with Crippen LogP contribution in [0.2, 0.25) is 0 Å². The number of amides is 1. The smallest absolute Gasteiger partial charge is 0.343 e. The van der Waals surface area contributed by atoms with Gasteiger partial charge in [0.25, 0.3) is 5.91 Å². The van der Waals surface area contributed by atoms with Crippen LogP contribution in [0.1, 0.15) is 76.5 Å². The Labute approximate surface area is 227 Å². The van der Waals surface area contributed by atoms with E-state index in [2.05, 4.69) is 31.4 Å². The topological polar surface area (TPSA) is 85.9 Å². The number of rotatable bonds is 7. The van der Waals surface area contributed by atoms with Gasteiger partial charge in [0.15, 0.2) is 11.5 Å². The van der Waals surface area contributed by atoms with E-state index in [1.165, 1.54) is 17.6 Å². The molecule has 0 fully saturated rings. The normalized spacial score (nSPS) is 18.5. The molecule has 5 rings (SSSR count). The molecule has 1 aliphatic heterocycles. The minimum absolute atomic E-state index is 0.0524. The van der Waals surface area contributed by atoms with Crippen LogP contribution in [0.3, 0.4) is 0 Å². The summed E-state index contributed by atoms with van der Waals surface area (Å²) in [5.41, 5.74) is 3.49. The molecule has 0 spiro atoms. The number of benzene rings is 2. The molecule has 2 atom stereocenters. The third-order valence-electron chi connectivity index (χ3n) is 8.11. The molecular weight excluding hydrogens is 500 g/mol. The van der Waals surface area contributed by atoms with E-state index < -0.39 is 12.1 Å². The van der Waals surface area contributed by atoms with E-state index >= 15 is 0 Å². The Morgan fingerprint density at radius 2 is 1.82 bits per heavy atom.